The van der Waals surface area contributed by atoms with Gasteiger partial charge in [0.05, 0.1) is 36.6 Å². The Morgan fingerprint density at radius 3 is 2.49 bits per heavy atom. The van der Waals surface area contributed by atoms with Gasteiger partial charge in [0.25, 0.3) is 6.47 Å². The van der Waals surface area contributed by atoms with Crippen LogP contribution in [0.25, 0.3) is 0 Å². The topological polar surface area (TPSA) is 184 Å². The molecule has 55 heavy (non-hydrogen) atoms. The van der Waals surface area contributed by atoms with Gasteiger partial charge in [-0.2, -0.15) is 5.26 Å². The summed E-state index contributed by atoms with van der Waals surface area (Å²) in [4.78, 5) is 42.3. The minimum Gasteiger partial charge on any atom is -0.493 e. The first kappa shape index (κ1) is 40.4. The molecule has 3 N–H and O–H groups in total. The molecule has 2 unspecified atom stereocenters. The van der Waals surface area contributed by atoms with E-state index in [2.05, 4.69) is 27.3 Å². The van der Waals surface area contributed by atoms with Crippen molar-refractivity contribution in [1.82, 2.24) is 15.1 Å². The summed E-state index contributed by atoms with van der Waals surface area (Å²) in [6.07, 6.45) is 0.521. The summed E-state index contributed by atoms with van der Waals surface area (Å²) in [5.41, 5.74) is 10.8. The summed E-state index contributed by atoms with van der Waals surface area (Å²) < 4.78 is 41.6. The number of nitrogens with zero attached hydrogens (tertiary/aromatic N) is 3. The largest absolute Gasteiger partial charge is 0.493 e. The number of hydrogen-bond acceptors (Lipinski definition) is 15. The zero-order valence-electron chi connectivity index (χ0n) is 32.8. The van der Waals surface area contributed by atoms with Crippen LogP contribution in [0, 0.1) is 31.1 Å². The van der Waals surface area contributed by atoms with Crippen LogP contribution in [0.1, 0.15) is 78.4 Å². The van der Waals surface area contributed by atoms with Crippen LogP contribution < -0.4 is 34.7 Å². The van der Waals surface area contributed by atoms with E-state index in [1.165, 1.54) is 6.92 Å². The molecule has 15 nitrogen and oxygen atoms in total. The predicted octanol–water partition coefficient (Wildman–Crippen LogP) is 3.61. The summed E-state index contributed by atoms with van der Waals surface area (Å²) in [7, 11) is 5.16. The van der Waals surface area contributed by atoms with Crippen molar-refractivity contribution in [3.8, 4) is 34.8 Å². The molecule has 4 heterocycles. The Morgan fingerprint density at radius 1 is 1.13 bits per heavy atom. The standard InChI is InChI=1S/C39H51N5O10S/c1-18(2)30(41)39(47)42-20(4)14-55-38-29-28(37-35(52-17-53-37)21(5)34(29)54-22(6)46)26(13-50-15-45)44-25(12-40)24-11-23-10-19(3)33(49-9)36(51-16-48-8)27(23)31(32(38)44)43(24)7/h10,15,18,20,24-26,30-32,38H,11,13-14,16-17,41H2,1-9H3,(H,42,47)/t20-,24+,25+,26+,30?,31-,32?,38-/m1/s1. The number of nitrogens with one attached hydrogen (secondary N) is 1. The number of piperazine rings is 1. The molecule has 4 aliphatic rings. The maximum absolute atomic E-state index is 13.1. The Kier molecular flexibility index (Phi) is 12.1. The number of methoxy groups -OCH3 is 2. The van der Waals surface area contributed by atoms with Crippen LogP contribution in [-0.4, -0.2) is 106 Å². The van der Waals surface area contributed by atoms with Crippen molar-refractivity contribution in [2.24, 2.45) is 11.7 Å². The number of nitrogens with two attached hydrogens (primary N) is 1. The van der Waals surface area contributed by atoms with E-state index in [9.17, 15) is 19.6 Å². The number of carbonyl (C=O) groups excluding carboxylic acids is 3. The Morgan fingerprint density at radius 2 is 1.85 bits per heavy atom. The number of amides is 1. The van der Waals surface area contributed by atoms with Gasteiger partial charge in [0.1, 0.15) is 18.4 Å². The van der Waals surface area contributed by atoms with Crippen molar-refractivity contribution in [2.45, 2.75) is 95.5 Å². The number of rotatable bonds is 14. The van der Waals surface area contributed by atoms with Crippen molar-refractivity contribution >= 4 is 30.1 Å². The zero-order valence-corrected chi connectivity index (χ0v) is 33.6. The Hall–Kier alpha value is -4.27. The molecule has 0 radical (unpaired) electrons. The van der Waals surface area contributed by atoms with E-state index in [-0.39, 0.29) is 44.1 Å². The number of carbonyl (C=O) groups is 3. The number of aryl methyl sites for hydroxylation is 1. The van der Waals surface area contributed by atoms with Gasteiger partial charge in [-0.3, -0.25) is 24.2 Å². The molecule has 2 aromatic carbocycles. The highest BCUT2D eigenvalue weighted by molar-refractivity contribution is 7.99. The van der Waals surface area contributed by atoms with Gasteiger partial charge in [0, 0.05) is 60.2 Å². The quantitative estimate of drug-likeness (QED) is 0.123. The number of esters is 1. The van der Waals surface area contributed by atoms with Crippen LogP contribution in [0.4, 0.5) is 0 Å². The van der Waals surface area contributed by atoms with Crippen LogP contribution in [-0.2, 0) is 30.3 Å². The smallest absolute Gasteiger partial charge is 0.308 e. The monoisotopic (exact) mass is 781 g/mol. The van der Waals surface area contributed by atoms with Crippen LogP contribution in [0.2, 0.25) is 0 Å². The van der Waals surface area contributed by atoms with Crippen molar-refractivity contribution in [3.63, 3.8) is 0 Å². The van der Waals surface area contributed by atoms with Gasteiger partial charge in [0.15, 0.2) is 29.8 Å². The normalized spacial score (nSPS) is 24.8. The van der Waals surface area contributed by atoms with Crippen molar-refractivity contribution in [3.05, 3.63) is 39.4 Å². The molecule has 298 valence electrons. The lowest BCUT2D eigenvalue weighted by Gasteiger charge is -2.61. The average Bonchev–Trinajstić information content (AvgIpc) is 3.64. The van der Waals surface area contributed by atoms with E-state index < -0.39 is 41.4 Å². The average molecular weight is 782 g/mol. The van der Waals surface area contributed by atoms with E-state index in [1.807, 2.05) is 41.7 Å². The first-order valence-electron chi connectivity index (χ1n) is 18.4. The summed E-state index contributed by atoms with van der Waals surface area (Å²) >= 11 is 1.56. The van der Waals surface area contributed by atoms with Gasteiger partial charge < -0.3 is 44.2 Å². The fourth-order valence-corrected chi connectivity index (χ4v) is 10.2. The molecule has 2 bridgehead atoms. The number of likely N-dealkylation sites (N-methyl/N-ethyl adjacent to an activating group) is 1. The third-order valence-electron chi connectivity index (χ3n) is 11.1. The van der Waals surface area contributed by atoms with Gasteiger partial charge >= 0.3 is 5.97 Å². The molecular weight excluding hydrogens is 731 g/mol. The highest BCUT2D eigenvalue weighted by atomic mass is 32.2. The summed E-state index contributed by atoms with van der Waals surface area (Å²) in [5, 5.41) is 13.7. The maximum atomic E-state index is 13.1. The van der Waals surface area contributed by atoms with Gasteiger partial charge in [-0.15, -0.1) is 11.8 Å². The van der Waals surface area contributed by atoms with Gasteiger partial charge in [-0.25, -0.2) is 0 Å². The molecule has 16 heteroatoms. The lowest BCUT2D eigenvalue weighted by Crippen LogP contribution is -2.69. The number of hydrogen-bond donors (Lipinski definition) is 2. The lowest BCUT2D eigenvalue weighted by atomic mass is 9.71. The molecule has 4 aliphatic heterocycles. The zero-order chi connectivity index (χ0) is 39.9. The Balaban J connectivity index is 1.64. The molecule has 1 amide bonds. The lowest BCUT2D eigenvalue weighted by molar-refractivity contribution is -0.134. The summed E-state index contributed by atoms with van der Waals surface area (Å²) in [5.74, 6) is 1.84. The number of nitriles is 1. The van der Waals surface area contributed by atoms with Crippen molar-refractivity contribution < 1.29 is 47.5 Å². The van der Waals surface area contributed by atoms with Crippen LogP contribution in [0.3, 0.4) is 0 Å². The van der Waals surface area contributed by atoms with E-state index in [0.717, 1.165) is 16.7 Å². The third kappa shape index (κ3) is 7.05. The first-order valence-corrected chi connectivity index (χ1v) is 19.4. The highest BCUT2D eigenvalue weighted by Gasteiger charge is 2.60. The summed E-state index contributed by atoms with van der Waals surface area (Å²) in [6.45, 7) is 11.0. The van der Waals surface area contributed by atoms with Gasteiger partial charge in [-0.1, -0.05) is 19.9 Å². The molecule has 0 spiro atoms. The SMILES string of the molecule is COCOc1c(OC)c(C)cc2c1[C@@H]1C3[C@H](SC[C@@H](C)NC(=O)C(N)C(C)C)c4c(OC(C)=O)c(C)c5c(c4[C@H](COC=O)N3[C@@H](C#N)[C@H](C2)N1C)OCO5. The molecule has 0 aromatic heterocycles. The number of fused-ring (bicyclic) bond motifs is 9. The van der Waals surface area contributed by atoms with Crippen LogP contribution >= 0.6 is 11.8 Å². The number of ether oxygens (including phenoxy) is 7. The Labute approximate surface area is 326 Å². The van der Waals surface area contributed by atoms with Crippen molar-refractivity contribution in [2.75, 3.05) is 47.2 Å². The molecule has 0 aliphatic carbocycles. The highest BCUT2D eigenvalue weighted by Crippen LogP contribution is 2.64. The number of thioether (sulfide) groups is 1. The molecule has 1 saturated heterocycles. The molecule has 8 atom stereocenters. The number of benzene rings is 2. The second kappa shape index (κ2) is 16.4. The third-order valence-corrected chi connectivity index (χ3v) is 12.7. The second-order valence-corrected chi connectivity index (χ2v) is 16.1. The fourth-order valence-electron chi connectivity index (χ4n) is 8.74. The minimum atomic E-state index is -0.714. The second-order valence-electron chi connectivity index (χ2n) is 14.9. The molecule has 0 saturated carbocycles. The molecule has 1 fully saturated rings. The van der Waals surface area contributed by atoms with Crippen LogP contribution in [0.5, 0.6) is 28.7 Å². The van der Waals surface area contributed by atoms with E-state index in [4.69, 9.17) is 38.9 Å². The van der Waals surface area contributed by atoms with Crippen LogP contribution in [0.15, 0.2) is 6.07 Å². The van der Waals surface area contributed by atoms with Gasteiger partial charge in [0.2, 0.25) is 12.7 Å². The van der Waals surface area contributed by atoms with Gasteiger partial charge in [-0.05, 0) is 51.3 Å². The molecule has 2 aromatic rings. The minimum absolute atomic E-state index is 0.0346. The fraction of sp³-hybridized carbons (Fsp3) is 0.590. The molecule has 6 rings (SSSR count). The van der Waals surface area contributed by atoms with E-state index in [0.29, 0.717) is 64.1 Å². The van der Waals surface area contributed by atoms with E-state index >= 15 is 0 Å². The van der Waals surface area contributed by atoms with Crippen molar-refractivity contribution in [1.29, 1.82) is 5.26 Å². The Bertz CT molecular complexity index is 1870. The first-order chi connectivity index (χ1) is 26.3. The van der Waals surface area contributed by atoms with E-state index in [1.54, 1.807) is 26.0 Å². The maximum Gasteiger partial charge on any atom is 0.308 e. The molecular formula is C39H51N5O10S. The summed E-state index contributed by atoms with van der Waals surface area (Å²) in [6, 6.07) is 1.06. The predicted molar refractivity (Wildman–Crippen MR) is 202 cm³/mol.